The van der Waals surface area contributed by atoms with E-state index in [-0.39, 0.29) is 12.6 Å². The molecule has 0 amide bonds. The lowest BCUT2D eigenvalue weighted by molar-refractivity contribution is 0.148. The summed E-state index contributed by atoms with van der Waals surface area (Å²) in [5, 5.41) is 12.6. The van der Waals surface area contributed by atoms with Gasteiger partial charge in [-0.15, -0.1) is 0 Å². The highest BCUT2D eigenvalue weighted by Crippen LogP contribution is 2.01. The Hall–Kier alpha value is -0.160. The van der Waals surface area contributed by atoms with Crippen molar-refractivity contribution in [3.05, 3.63) is 0 Å². The van der Waals surface area contributed by atoms with E-state index in [1.807, 2.05) is 0 Å². The number of rotatable bonds is 6. The molecular formula is C12H27N3O. The second-order valence-corrected chi connectivity index (χ2v) is 5.13. The summed E-state index contributed by atoms with van der Waals surface area (Å²) in [6.07, 6.45) is 0. The molecule has 1 aliphatic heterocycles. The summed E-state index contributed by atoms with van der Waals surface area (Å²) in [6.45, 7) is 11.3. The van der Waals surface area contributed by atoms with E-state index >= 15 is 0 Å². The minimum Gasteiger partial charge on any atom is -0.395 e. The highest BCUT2D eigenvalue weighted by molar-refractivity contribution is 4.73. The fourth-order valence-corrected chi connectivity index (χ4v) is 1.99. The van der Waals surface area contributed by atoms with Gasteiger partial charge in [-0.25, -0.2) is 0 Å². The Morgan fingerprint density at radius 2 is 1.81 bits per heavy atom. The van der Waals surface area contributed by atoms with Crippen molar-refractivity contribution in [2.24, 2.45) is 5.92 Å². The van der Waals surface area contributed by atoms with Crippen LogP contribution in [-0.4, -0.2) is 73.9 Å². The van der Waals surface area contributed by atoms with Crippen LogP contribution < -0.4 is 5.32 Å². The number of nitrogens with one attached hydrogen (secondary N) is 1. The van der Waals surface area contributed by atoms with Crippen molar-refractivity contribution in [1.82, 2.24) is 15.1 Å². The zero-order chi connectivity index (χ0) is 12.0. The predicted octanol–water partition coefficient (Wildman–Crippen LogP) is -0.160. The van der Waals surface area contributed by atoms with Crippen LogP contribution in [-0.2, 0) is 0 Å². The van der Waals surface area contributed by atoms with E-state index in [2.05, 4.69) is 36.0 Å². The van der Waals surface area contributed by atoms with Gasteiger partial charge in [0.05, 0.1) is 6.61 Å². The molecule has 0 unspecified atom stereocenters. The normalized spacial score (nSPS) is 21.6. The SMILES string of the molecule is CC(C)[C@@H](CO)NCCN1CCN(C)CC1. The fraction of sp³-hybridized carbons (Fsp3) is 1.00. The quantitative estimate of drug-likeness (QED) is 0.664. The van der Waals surface area contributed by atoms with Crippen LogP contribution in [0.4, 0.5) is 0 Å². The van der Waals surface area contributed by atoms with Crippen molar-refractivity contribution in [3.63, 3.8) is 0 Å². The van der Waals surface area contributed by atoms with Crippen LogP contribution >= 0.6 is 0 Å². The van der Waals surface area contributed by atoms with Gasteiger partial charge >= 0.3 is 0 Å². The Morgan fingerprint density at radius 3 is 2.31 bits per heavy atom. The van der Waals surface area contributed by atoms with Crippen molar-refractivity contribution in [3.8, 4) is 0 Å². The maximum Gasteiger partial charge on any atom is 0.0587 e. The molecule has 1 heterocycles. The molecule has 1 fully saturated rings. The number of hydrogen-bond acceptors (Lipinski definition) is 4. The number of piperazine rings is 1. The Bertz CT molecular complexity index is 179. The van der Waals surface area contributed by atoms with Crippen LogP contribution in [0.15, 0.2) is 0 Å². The smallest absolute Gasteiger partial charge is 0.0587 e. The number of nitrogens with zero attached hydrogens (tertiary/aromatic N) is 2. The molecule has 1 rings (SSSR count). The third-order valence-corrected chi connectivity index (χ3v) is 3.43. The third-order valence-electron chi connectivity index (χ3n) is 3.43. The molecule has 16 heavy (non-hydrogen) atoms. The summed E-state index contributed by atoms with van der Waals surface area (Å²) < 4.78 is 0. The maximum atomic E-state index is 9.19. The van der Waals surface area contributed by atoms with E-state index in [1.165, 1.54) is 26.2 Å². The second kappa shape index (κ2) is 7.22. The summed E-state index contributed by atoms with van der Waals surface area (Å²) >= 11 is 0. The van der Waals surface area contributed by atoms with Crippen molar-refractivity contribution in [2.45, 2.75) is 19.9 Å². The van der Waals surface area contributed by atoms with Crippen LogP contribution in [0, 0.1) is 5.92 Å². The average Bonchev–Trinajstić information content (AvgIpc) is 2.26. The summed E-state index contributed by atoms with van der Waals surface area (Å²) in [5.41, 5.74) is 0. The lowest BCUT2D eigenvalue weighted by Crippen LogP contribution is -2.48. The number of aliphatic hydroxyl groups excluding tert-OH is 1. The van der Waals surface area contributed by atoms with Crippen molar-refractivity contribution < 1.29 is 5.11 Å². The van der Waals surface area contributed by atoms with E-state index in [0.717, 1.165) is 13.1 Å². The van der Waals surface area contributed by atoms with Gasteiger partial charge in [-0.3, -0.25) is 4.90 Å². The van der Waals surface area contributed by atoms with Gasteiger partial charge in [-0.1, -0.05) is 13.8 Å². The Balaban J connectivity index is 2.10. The number of likely N-dealkylation sites (N-methyl/N-ethyl adjacent to an activating group) is 1. The first-order chi connectivity index (χ1) is 7.63. The zero-order valence-corrected chi connectivity index (χ0v) is 10.9. The molecule has 96 valence electrons. The minimum absolute atomic E-state index is 0.237. The molecule has 0 bridgehead atoms. The Labute approximate surface area is 99.6 Å². The first-order valence-corrected chi connectivity index (χ1v) is 6.38. The maximum absolute atomic E-state index is 9.19. The highest BCUT2D eigenvalue weighted by Gasteiger charge is 2.14. The molecule has 0 saturated carbocycles. The van der Waals surface area contributed by atoms with Crippen LogP contribution in [0.5, 0.6) is 0 Å². The summed E-state index contributed by atoms with van der Waals surface area (Å²) in [7, 11) is 2.18. The van der Waals surface area contributed by atoms with Gasteiger partial charge < -0.3 is 15.3 Å². The van der Waals surface area contributed by atoms with Gasteiger partial charge in [0.15, 0.2) is 0 Å². The molecule has 0 radical (unpaired) electrons. The van der Waals surface area contributed by atoms with Crippen LogP contribution in [0.1, 0.15) is 13.8 Å². The molecule has 0 aromatic heterocycles. The molecule has 1 aliphatic rings. The van der Waals surface area contributed by atoms with E-state index in [4.69, 9.17) is 0 Å². The predicted molar refractivity (Wildman–Crippen MR) is 67.7 cm³/mol. The van der Waals surface area contributed by atoms with Gasteiger partial charge in [0.1, 0.15) is 0 Å². The molecule has 2 N–H and O–H groups in total. The molecule has 1 atom stereocenters. The summed E-state index contributed by atoms with van der Waals surface area (Å²) in [6, 6.07) is 0.243. The van der Waals surface area contributed by atoms with Crippen LogP contribution in [0.3, 0.4) is 0 Å². The largest absolute Gasteiger partial charge is 0.395 e. The Morgan fingerprint density at radius 1 is 1.19 bits per heavy atom. The number of hydrogen-bond donors (Lipinski definition) is 2. The topological polar surface area (TPSA) is 38.7 Å². The van der Waals surface area contributed by atoms with Crippen LogP contribution in [0.25, 0.3) is 0 Å². The molecule has 0 spiro atoms. The van der Waals surface area contributed by atoms with E-state index < -0.39 is 0 Å². The molecule has 4 heteroatoms. The third kappa shape index (κ3) is 4.78. The standard InChI is InChI=1S/C12H27N3O/c1-11(2)12(10-16)13-4-5-15-8-6-14(3)7-9-15/h11-13,16H,4-10H2,1-3H3/t12-/m1/s1. The molecule has 0 aromatic rings. The summed E-state index contributed by atoms with van der Waals surface area (Å²) in [4.78, 5) is 4.86. The molecule has 4 nitrogen and oxygen atoms in total. The number of aliphatic hydroxyl groups is 1. The van der Waals surface area contributed by atoms with Gasteiger partial charge in [-0.2, -0.15) is 0 Å². The van der Waals surface area contributed by atoms with Gasteiger partial charge in [-0.05, 0) is 13.0 Å². The zero-order valence-electron chi connectivity index (χ0n) is 10.9. The van der Waals surface area contributed by atoms with Crippen molar-refractivity contribution >= 4 is 0 Å². The lowest BCUT2D eigenvalue weighted by atomic mass is 10.1. The fourth-order valence-electron chi connectivity index (χ4n) is 1.99. The summed E-state index contributed by atoms with van der Waals surface area (Å²) in [5.74, 6) is 0.498. The van der Waals surface area contributed by atoms with E-state index in [0.29, 0.717) is 5.92 Å². The minimum atomic E-state index is 0.237. The molecule has 0 aliphatic carbocycles. The molecular weight excluding hydrogens is 202 g/mol. The average molecular weight is 229 g/mol. The van der Waals surface area contributed by atoms with E-state index in [1.54, 1.807) is 0 Å². The molecule has 1 saturated heterocycles. The van der Waals surface area contributed by atoms with E-state index in [9.17, 15) is 5.11 Å². The Kier molecular flexibility index (Phi) is 6.28. The van der Waals surface area contributed by atoms with Gasteiger partial charge in [0.2, 0.25) is 0 Å². The van der Waals surface area contributed by atoms with Gasteiger partial charge in [0, 0.05) is 45.3 Å². The first-order valence-electron chi connectivity index (χ1n) is 6.38. The van der Waals surface area contributed by atoms with Crippen LogP contribution in [0.2, 0.25) is 0 Å². The monoisotopic (exact) mass is 229 g/mol. The highest BCUT2D eigenvalue weighted by atomic mass is 16.3. The van der Waals surface area contributed by atoms with Crippen molar-refractivity contribution in [1.29, 1.82) is 0 Å². The second-order valence-electron chi connectivity index (χ2n) is 5.13. The van der Waals surface area contributed by atoms with Crippen molar-refractivity contribution in [2.75, 3.05) is 52.9 Å². The van der Waals surface area contributed by atoms with Gasteiger partial charge in [0.25, 0.3) is 0 Å². The molecule has 0 aromatic carbocycles. The first kappa shape index (κ1) is 13.9. The lowest BCUT2D eigenvalue weighted by Gasteiger charge is -2.32.